The van der Waals surface area contributed by atoms with E-state index in [1.165, 1.54) is 23.2 Å². The summed E-state index contributed by atoms with van der Waals surface area (Å²) >= 11 is 0. The van der Waals surface area contributed by atoms with Crippen molar-refractivity contribution >= 4 is 16.9 Å². The Morgan fingerprint density at radius 1 is 1.03 bits per heavy atom. The highest BCUT2D eigenvalue weighted by Gasteiger charge is 2.32. The number of amides is 1. The molecule has 31 heavy (non-hydrogen) atoms. The number of hydrogen-bond donors (Lipinski definition) is 1. The zero-order valence-electron chi connectivity index (χ0n) is 16.6. The van der Waals surface area contributed by atoms with Crippen molar-refractivity contribution in [2.45, 2.75) is 6.36 Å². The highest BCUT2D eigenvalue weighted by Crippen LogP contribution is 2.38. The molecule has 0 bridgehead atoms. The molecule has 0 aliphatic rings. The maximum absolute atomic E-state index is 12.8. The van der Waals surface area contributed by atoms with E-state index in [4.69, 9.17) is 0 Å². The molecule has 6 nitrogen and oxygen atoms in total. The summed E-state index contributed by atoms with van der Waals surface area (Å²) in [7, 11) is 3.30. The van der Waals surface area contributed by atoms with E-state index >= 15 is 0 Å². The van der Waals surface area contributed by atoms with Crippen molar-refractivity contribution in [1.29, 1.82) is 0 Å². The molecule has 9 heteroatoms. The number of halogens is 3. The second-order valence-corrected chi connectivity index (χ2v) is 7.03. The van der Waals surface area contributed by atoms with Crippen LogP contribution in [0, 0.1) is 0 Å². The molecule has 4 rings (SSSR count). The Bertz CT molecular complexity index is 1270. The normalized spacial score (nSPS) is 11.5. The Balaban J connectivity index is 1.81. The Labute approximate surface area is 175 Å². The van der Waals surface area contributed by atoms with Crippen LogP contribution in [0.25, 0.3) is 33.3 Å². The Kier molecular flexibility index (Phi) is 5.10. The van der Waals surface area contributed by atoms with Gasteiger partial charge in [-0.25, -0.2) is 4.98 Å². The first-order chi connectivity index (χ1) is 14.7. The number of alkyl halides is 3. The predicted molar refractivity (Wildman–Crippen MR) is 109 cm³/mol. The lowest BCUT2D eigenvalue weighted by atomic mass is 10.0. The van der Waals surface area contributed by atoms with Crippen LogP contribution in [0.15, 0.2) is 61.2 Å². The number of aromatic amines is 1. The summed E-state index contributed by atoms with van der Waals surface area (Å²) in [5.41, 5.74) is 3.05. The lowest BCUT2D eigenvalue weighted by molar-refractivity contribution is -0.274. The minimum Gasteiger partial charge on any atom is -0.405 e. The van der Waals surface area contributed by atoms with Crippen LogP contribution in [0.1, 0.15) is 10.4 Å². The first-order valence-corrected chi connectivity index (χ1v) is 9.22. The monoisotopic (exact) mass is 426 g/mol. The molecule has 0 saturated heterocycles. The standard InChI is InChI=1S/C22H17F3N4O2/c1-29(2)21(30)15-7-13(9-26-10-15)14-8-17-18(12-28-20(17)27-11-14)16-5-3-4-6-19(16)31-22(23,24)25/h3-12H,1-2H3,(H,27,28). The van der Waals surface area contributed by atoms with Crippen LogP contribution >= 0.6 is 0 Å². The van der Waals surface area contributed by atoms with Gasteiger partial charge < -0.3 is 14.6 Å². The molecule has 1 N–H and O–H groups in total. The number of fused-ring (bicyclic) bond motifs is 1. The topological polar surface area (TPSA) is 71.1 Å². The van der Waals surface area contributed by atoms with Gasteiger partial charge in [-0.2, -0.15) is 0 Å². The number of rotatable bonds is 4. The zero-order valence-corrected chi connectivity index (χ0v) is 16.6. The van der Waals surface area contributed by atoms with Crippen LogP contribution in [0.3, 0.4) is 0 Å². The maximum atomic E-state index is 12.8. The Morgan fingerprint density at radius 2 is 1.77 bits per heavy atom. The van der Waals surface area contributed by atoms with Crippen LogP contribution < -0.4 is 4.74 Å². The molecule has 0 fully saturated rings. The van der Waals surface area contributed by atoms with Crippen molar-refractivity contribution in [2.75, 3.05) is 14.1 Å². The molecule has 0 unspecified atom stereocenters. The molecule has 0 spiro atoms. The van der Waals surface area contributed by atoms with E-state index in [0.29, 0.717) is 33.3 Å². The van der Waals surface area contributed by atoms with E-state index in [1.807, 2.05) is 0 Å². The van der Waals surface area contributed by atoms with Gasteiger partial charge in [-0.05, 0) is 18.2 Å². The van der Waals surface area contributed by atoms with Crippen molar-refractivity contribution in [3.05, 3.63) is 66.7 Å². The minimum atomic E-state index is -4.81. The molecule has 0 aliphatic heterocycles. The molecule has 1 aromatic carbocycles. The molecule has 158 valence electrons. The first kappa shape index (κ1) is 20.4. The Hall–Kier alpha value is -3.88. The summed E-state index contributed by atoms with van der Waals surface area (Å²) < 4.78 is 42.7. The third-order valence-corrected chi connectivity index (χ3v) is 4.66. The van der Waals surface area contributed by atoms with Crippen molar-refractivity contribution in [3.63, 3.8) is 0 Å². The number of carbonyl (C=O) groups excluding carboxylic acids is 1. The van der Waals surface area contributed by atoms with Crippen molar-refractivity contribution < 1.29 is 22.7 Å². The summed E-state index contributed by atoms with van der Waals surface area (Å²) in [6, 6.07) is 9.41. The SMILES string of the molecule is CN(C)C(=O)c1cncc(-c2cnc3[nH]cc(-c4ccccc4OC(F)(F)F)c3c2)c1. The van der Waals surface area contributed by atoms with Crippen molar-refractivity contribution in [3.8, 4) is 28.0 Å². The zero-order chi connectivity index (χ0) is 22.2. The maximum Gasteiger partial charge on any atom is 0.573 e. The molecule has 0 atom stereocenters. The lowest BCUT2D eigenvalue weighted by Crippen LogP contribution is -2.21. The molecule has 3 aromatic heterocycles. The molecular formula is C22H17F3N4O2. The number of benzene rings is 1. The molecule has 0 aliphatic carbocycles. The highest BCUT2D eigenvalue weighted by atomic mass is 19.4. The molecule has 4 aromatic rings. The van der Waals surface area contributed by atoms with E-state index in [-0.39, 0.29) is 17.2 Å². The van der Waals surface area contributed by atoms with Gasteiger partial charge in [0.2, 0.25) is 0 Å². The van der Waals surface area contributed by atoms with Gasteiger partial charge in [0.15, 0.2) is 0 Å². The van der Waals surface area contributed by atoms with Gasteiger partial charge in [0.1, 0.15) is 11.4 Å². The molecule has 0 saturated carbocycles. The number of ether oxygens (including phenoxy) is 1. The highest BCUT2D eigenvalue weighted by molar-refractivity contribution is 5.98. The van der Waals surface area contributed by atoms with Crippen molar-refractivity contribution in [1.82, 2.24) is 19.9 Å². The van der Waals surface area contributed by atoms with Gasteiger partial charge in [0.05, 0.1) is 5.56 Å². The molecule has 0 radical (unpaired) electrons. The fraction of sp³-hybridized carbons (Fsp3) is 0.136. The van der Waals surface area contributed by atoms with Crippen LogP contribution in [0.2, 0.25) is 0 Å². The summed E-state index contributed by atoms with van der Waals surface area (Å²) in [6.45, 7) is 0. The minimum absolute atomic E-state index is 0.191. The number of nitrogens with one attached hydrogen (secondary N) is 1. The van der Waals surface area contributed by atoms with E-state index < -0.39 is 6.36 Å². The number of H-pyrrole nitrogens is 1. The third-order valence-electron chi connectivity index (χ3n) is 4.66. The van der Waals surface area contributed by atoms with Gasteiger partial charge in [-0.15, -0.1) is 13.2 Å². The number of nitrogens with zero attached hydrogens (tertiary/aromatic N) is 3. The summed E-state index contributed by atoms with van der Waals surface area (Å²) in [5, 5.41) is 0.611. The second kappa shape index (κ2) is 7.75. The summed E-state index contributed by atoms with van der Waals surface area (Å²) in [6.07, 6.45) is 1.47. The first-order valence-electron chi connectivity index (χ1n) is 9.22. The van der Waals surface area contributed by atoms with Crippen LogP contribution in [-0.4, -0.2) is 46.2 Å². The second-order valence-electron chi connectivity index (χ2n) is 7.03. The van der Waals surface area contributed by atoms with E-state index in [1.54, 1.807) is 57.0 Å². The molecule has 1 amide bonds. The average Bonchev–Trinajstić information content (AvgIpc) is 3.15. The van der Waals surface area contributed by atoms with Gasteiger partial charge >= 0.3 is 6.36 Å². The van der Waals surface area contributed by atoms with Crippen LogP contribution in [-0.2, 0) is 0 Å². The number of carbonyl (C=O) groups is 1. The van der Waals surface area contributed by atoms with Gasteiger partial charge in [-0.1, -0.05) is 18.2 Å². The predicted octanol–water partition coefficient (Wildman–Crippen LogP) is 4.89. The van der Waals surface area contributed by atoms with E-state index in [9.17, 15) is 18.0 Å². The van der Waals surface area contributed by atoms with Gasteiger partial charge in [-0.3, -0.25) is 9.78 Å². The van der Waals surface area contributed by atoms with E-state index in [2.05, 4.69) is 19.7 Å². The number of pyridine rings is 2. The van der Waals surface area contributed by atoms with Gasteiger partial charge in [0, 0.05) is 66.5 Å². The summed E-state index contributed by atoms with van der Waals surface area (Å²) in [4.78, 5) is 25.2. The quantitative estimate of drug-likeness (QED) is 0.504. The van der Waals surface area contributed by atoms with Crippen molar-refractivity contribution in [2.24, 2.45) is 0 Å². The van der Waals surface area contributed by atoms with Gasteiger partial charge in [0.25, 0.3) is 5.91 Å². The Morgan fingerprint density at radius 3 is 2.52 bits per heavy atom. The smallest absolute Gasteiger partial charge is 0.405 e. The van der Waals surface area contributed by atoms with Crippen LogP contribution in [0.5, 0.6) is 5.75 Å². The number of aromatic nitrogens is 3. The lowest BCUT2D eigenvalue weighted by Gasteiger charge is -2.13. The molecular weight excluding hydrogens is 409 g/mol. The summed E-state index contributed by atoms with van der Waals surface area (Å²) in [5.74, 6) is -0.495. The third kappa shape index (κ3) is 4.20. The fourth-order valence-corrected chi connectivity index (χ4v) is 3.26. The molecule has 3 heterocycles. The van der Waals surface area contributed by atoms with E-state index in [0.717, 1.165) is 0 Å². The average molecular weight is 426 g/mol. The number of hydrogen-bond acceptors (Lipinski definition) is 4. The fourth-order valence-electron chi connectivity index (χ4n) is 3.26. The van der Waals surface area contributed by atoms with Crippen LogP contribution in [0.4, 0.5) is 13.2 Å². The number of para-hydroxylation sites is 1. The largest absolute Gasteiger partial charge is 0.573 e.